The van der Waals surface area contributed by atoms with Crippen LogP contribution in [0.15, 0.2) is 12.0 Å². The molecule has 1 heterocycles. The molecule has 4 heteroatoms. The molecule has 1 aliphatic heterocycles. The molecule has 0 aromatic carbocycles. The van der Waals surface area contributed by atoms with Crippen LogP contribution < -0.4 is 0 Å². The molecule has 0 aliphatic carbocycles. The molecule has 0 bridgehead atoms. The first-order valence-electron chi connectivity index (χ1n) is 2.96. The van der Waals surface area contributed by atoms with Crippen LogP contribution in [-0.4, -0.2) is 22.8 Å². The van der Waals surface area contributed by atoms with Gasteiger partial charge in [0.05, 0.1) is 0 Å². The molecule has 0 aromatic rings. The van der Waals surface area contributed by atoms with Gasteiger partial charge in [0.25, 0.3) is 0 Å². The molecule has 4 nitrogen and oxygen atoms in total. The molecule has 2 N–H and O–H groups in total. The van der Waals surface area contributed by atoms with Crippen molar-refractivity contribution < 1.29 is 19.7 Å². The number of carbonyl (C=O) groups excluding carboxylic acids is 1. The van der Waals surface area contributed by atoms with E-state index in [0.29, 0.717) is 0 Å². The number of aliphatic hydroxyl groups is 2. The van der Waals surface area contributed by atoms with Crippen LogP contribution in [0.25, 0.3) is 0 Å². The Kier molecular flexibility index (Phi) is 1.91. The lowest BCUT2D eigenvalue weighted by molar-refractivity contribution is -0.139. The molecule has 1 rings (SSSR count). The van der Waals surface area contributed by atoms with Crippen molar-refractivity contribution in [2.75, 3.05) is 6.61 Å². The molecule has 0 aromatic heterocycles. The van der Waals surface area contributed by atoms with Gasteiger partial charge in [0.1, 0.15) is 17.9 Å². The number of hydrogen-bond acceptors (Lipinski definition) is 4. The Morgan fingerprint density at radius 3 is 2.80 bits per heavy atom. The molecule has 10 heavy (non-hydrogen) atoms. The lowest BCUT2D eigenvalue weighted by atomic mass is 10.1. The number of carbonyl (C=O) groups is 1. The van der Waals surface area contributed by atoms with Crippen LogP contribution in [-0.2, 0) is 9.53 Å². The first-order chi connectivity index (χ1) is 4.75. The van der Waals surface area contributed by atoms with Crippen molar-refractivity contribution in [3.05, 3.63) is 12.0 Å². The Labute approximate surface area is 57.7 Å². The van der Waals surface area contributed by atoms with Gasteiger partial charge in [-0.2, -0.15) is 0 Å². The summed E-state index contributed by atoms with van der Waals surface area (Å²) in [7, 11) is 0. The average molecular weight is 144 g/mol. The zero-order valence-corrected chi connectivity index (χ0v) is 5.28. The maximum absolute atomic E-state index is 10.6. The van der Waals surface area contributed by atoms with Crippen LogP contribution in [0, 0.1) is 5.92 Å². The van der Waals surface area contributed by atoms with Gasteiger partial charge >= 0.3 is 5.97 Å². The number of esters is 1. The first kappa shape index (κ1) is 7.08. The SMILES string of the molecule is O=C1OC=C(O)C1CCO. The quantitative estimate of drug-likeness (QED) is 0.533. The van der Waals surface area contributed by atoms with Gasteiger partial charge in [-0.05, 0) is 6.42 Å². The van der Waals surface area contributed by atoms with E-state index in [4.69, 9.17) is 10.2 Å². The van der Waals surface area contributed by atoms with Gasteiger partial charge in [0, 0.05) is 6.61 Å². The second kappa shape index (κ2) is 2.70. The Balaban J connectivity index is 2.56. The topological polar surface area (TPSA) is 66.8 Å². The molecule has 0 amide bonds. The zero-order chi connectivity index (χ0) is 7.56. The van der Waals surface area contributed by atoms with Gasteiger partial charge in [-0.3, -0.25) is 4.79 Å². The number of cyclic esters (lactones) is 1. The third kappa shape index (κ3) is 1.11. The summed E-state index contributed by atoms with van der Waals surface area (Å²) in [5.41, 5.74) is 0. The third-order valence-corrected chi connectivity index (χ3v) is 1.36. The van der Waals surface area contributed by atoms with Crippen molar-refractivity contribution in [3.8, 4) is 0 Å². The minimum Gasteiger partial charge on any atom is -0.508 e. The number of hydrogen-bond donors (Lipinski definition) is 2. The van der Waals surface area contributed by atoms with Crippen LogP contribution in [0.5, 0.6) is 0 Å². The highest BCUT2D eigenvalue weighted by Gasteiger charge is 2.29. The summed E-state index contributed by atoms with van der Waals surface area (Å²) in [5.74, 6) is -1.24. The van der Waals surface area contributed by atoms with Gasteiger partial charge in [-0.1, -0.05) is 0 Å². The van der Waals surface area contributed by atoms with Crippen molar-refractivity contribution in [2.45, 2.75) is 6.42 Å². The van der Waals surface area contributed by atoms with E-state index < -0.39 is 11.9 Å². The maximum atomic E-state index is 10.6. The Morgan fingerprint density at radius 2 is 2.40 bits per heavy atom. The second-order valence-electron chi connectivity index (χ2n) is 2.04. The Bertz CT molecular complexity index is 173. The highest BCUT2D eigenvalue weighted by atomic mass is 16.5. The summed E-state index contributed by atoms with van der Waals surface area (Å²) in [6.45, 7) is -0.127. The maximum Gasteiger partial charge on any atom is 0.321 e. The number of ether oxygens (including phenoxy) is 1. The van der Waals surface area contributed by atoms with Gasteiger partial charge in [-0.25, -0.2) is 0 Å². The fraction of sp³-hybridized carbons (Fsp3) is 0.500. The lowest BCUT2D eigenvalue weighted by Gasteiger charge is -2.01. The monoisotopic (exact) mass is 144 g/mol. The van der Waals surface area contributed by atoms with Crippen LogP contribution in [0.1, 0.15) is 6.42 Å². The van der Waals surface area contributed by atoms with Crippen LogP contribution in [0.2, 0.25) is 0 Å². The summed E-state index contributed by atoms with van der Waals surface area (Å²) >= 11 is 0. The fourth-order valence-corrected chi connectivity index (χ4v) is 0.798. The molecule has 0 radical (unpaired) electrons. The molecule has 0 fully saturated rings. The molecule has 1 atom stereocenters. The summed E-state index contributed by atoms with van der Waals surface area (Å²) in [4.78, 5) is 10.6. The van der Waals surface area contributed by atoms with Crippen LogP contribution in [0.4, 0.5) is 0 Å². The molecule has 56 valence electrons. The molecular formula is C6H8O4. The van der Waals surface area contributed by atoms with Gasteiger partial charge in [-0.15, -0.1) is 0 Å². The molecule has 0 spiro atoms. The molecule has 0 saturated heterocycles. The van der Waals surface area contributed by atoms with E-state index in [0.717, 1.165) is 6.26 Å². The number of rotatable bonds is 2. The van der Waals surface area contributed by atoms with E-state index >= 15 is 0 Å². The van der Waals surface area contributed by atoms with Gasteiger partial charge in [0.15, 0.2) is 0 Å². The standard InChI is InChI=1S/C6H8O4/c7-2-1-4-5(8)3-10-6(4)9/h3-4,7-8H,1-2H2. The smallest absolute Gasteiger partial charge is 0.321 e. The zero-order valence-electron chi connectivity index (χ0n) is 5.28. The molecular weight excluding hydrogens is 136 g/mol. The summed E-state index contributed by atoms with van der Waals surface area (Å²) in [6.07, 6.45) is 1.23. The second-order valence-corrected chi connectivity index (χ2v) is 2.04. The van der Waals surface area contributed by atoms with E-state index in [1.54, 1.807) is 0 Å². The van der Waals surface area contributed by atoms with E-state index in [9.17, 15) is 4.79 Å². The van der Waals surface area contributed by atoms with E-state index in [1.165, 1.54) is 0 Å². The molecule has 0 saturated carbocycles. The van der Waals surface area contributed by atoms with Crippen molar-refractivity contribution >= 4 is 5.97 Å². The predicted octanol–water partition coefficient (Wildman–Crippen LogP) is -0.0588. The predicted molar refractivity (Wildman–Crippen MR) is 32.0 cm³/mol. The van der Waals surface area contributed by atoms with E-state index in [1.807, 2.05) is 0 Å². The third-order valence-electron chi connectivity index (χ3n) is 1.36. The molecule has 1 aliphatic rings. The van der Waals surface area contributed by atoms with Crippen molar-refractivity contribution in [1.29, 1.82) is 0 Å². The lowest BCUT2D eigenvalue weighted by Crippen LogP contribution is -2.12. The normalized spacial score (nSPS) is 24.3. The average Bonchev–Trinajstić information content (AvgIpc) is 2.20. The van der Waals surface area contributed by atoms with Crippen molar-refractivity contribution in [1.82, 2.24) is 0 Å². The summed E-state index contributed by atoms with van der Waals surface area (Å²) in [6, 6.07) is 0. The number of aliphatic hydroxyl groups excluding tert-OH is 2. The van der Waals surface area contributed by atoms with Gasteiger partial charge < -0.3 is 14.9 Å². The minimum atomic E-state index is -0.648. The van der Waals surface area contributed by atoms with E-state index in [-0.39, 0.29) is 18.8 Å². The Hall–Kier alpha value is -1.03. The summed E-state index contributed by atoms with van der Waals surface area (Å²) < 4.78 is 4.37. The highest BCUT2D eigenvalue weighted by Crippen LogP contribution is 2.20. The minimum absolute atomic E-state index is 0.0981. The summed E-state index contributed by atoms with van der Waals surface area (Å²) in [5, 5.41) is 17.3. The van der Waals surface area contributed by atoms with Gasteiger partial charge in [0.2, 0.25) is 0 Å². The van der Waals surface area contributed by atoms with Crippen molar-refractivity contribution in [2.24, 2.45) is 5.92 Å². The molecule has 1 unspecified atom stereocenters. The Morgan fingerprint density at radius 1 is 1.70 bits per heavy atom. The highest BCUT2D eigenvalue weighted by molar-refractivity contribution is 5.78. The van der Waals surface area contributed by atoms with Crippen LogP contribution in [0.3, 0.4) is 0 Å². The van der Waals surface area contributed by atoms with Crippen molar-refractivity contribution in [3.63, 3.8) is 0 Å². The fourth-order valence-electron chi connectivity index (χ4n) is 0.798. The van der Waals surface area contributed by atoms with Crippen LogP contribution >= 0.6 is 0 Å². The van der Waals surface area contributed by atoms with E-state index in [2.05, 4.69) is 4.74 Å². The largest absolute Gasteiger partial charge is 0.508 e. The first-order valence-corrected chi connectivity index (χ1v) is 2.96.